The van der Waals surface area contributed by atoms with Crippen molar-refractivity contribution in [1.29, 1.82) is 0 Å². The number of amidine groups is 1. The number of rotatable bonds is 4. The van der Waals surface area contributed by atoms with Crippen molar-refractivity contribution < 1.29 is 13.2 Å². The van der Waals surface area contributed by atoms with Crippen molar-refractivity contribution in [3.8, 4) is 0 Å². The summed E-state index contributed by atoms with van der Waals surface area (Å²) in [5, 5.41) is 3.68. The monoisotopic (exact) mass is 443 g/mol. The lowest BCUT2D eigenvalue weighted by atomic mass is 10.1. The van der Waals surface area contributed by atoms with Crippen LogP contribution in [0.1, 0.15) is 16.7 Å². The number of hydrogen-bond donors (Lipinski definition) is 1. The molecule has 2 heterocycles. The van der Waals surface area contributed by atoms with Crippen LogP contribution in [0.2, 0.25) is 0 Å². The largest absolute Gasteiger partial charge is 0.325 e. The van der Waals surface area contributed by atoms with Gasteiger partial charge < -0.3 is 10.2 Å². The molecule has 2 aromatic carbocycles. The first-order valence-corrected chi connectivity index (χ1v) is 12.7. The van der Waals surface area contributed by atoms with Gasteiger partial charge in [-0.15, -0.1) is 0 Å². The summed E-state index contributed by atoms with van der Waals surface area (Å²) >= 11 is 1.35. The van der Waals surface area contributed by atoms with E-state index >= 15 is 0 Å². The number of sulfone groups is 1. The quantitative estimate of drug-likeness (QED) is 0.784. The average Bonchev–Trinajstić information content (AvgIpc) is 3.16. The van der Waals surface area contributed by atoms with Crippen molar-refractivity contribution in [2.45, 2.75) is 32.9 Å². The summed E-state index contributed by atoms with van der Waals surface area (Å²) in [5.41, 5.74) is 5.03. The Balaban J connectivity index is 1.51. The molecule has 2 aliphatic rings. The Morgan fingerprint density at radius 3 is 2.60 bits per heavy atom. The Kier molecular flexibility index (Phi) is 5.63. The molecule has 1 saturated heterocycles. The molecule has 0 bridgehead atoms. The van der Waals surface area contributed by atoms with E-state index in [1.165, 1.54) is 11.8 Å². The predicted molar refractivity (Wildman–Crippen MR) is 124 cm³/mol. The minimum atomic E-state index is -3.10. The van der Waals surface area contributed by atoms with Crippen molar-refractivity contribution in [2.24, 2.45) is 4.99 Å². The van der Waals surface area contributed by atoms with E-state index in [0.717, 1.165) is 28.1 Å². The van der Waals surface area contributed by atoms with Gasteiger partial charge in [-0.3, -0.25) is 9.79 Å². The third-order valence-corrected chi connectivity index (χ3v) is 8.30. The number of anilines is 2. The van der Waals surface area contributed by atoms with Crippen molar-refractivity contribution in [3.63, 3.8) is 0 Å². The molecule has 2 aliphatic heterocycles. The molecule has 2 atom stereocenters. The van der Waals surface area contributed by atoms with Gasteiger partial charge in [0.05, 0.1) is 29.3 Å². The molecule has 0 spiro atoms. The number of carbonyl (C=O) groups is 1. The molecule has 1 N–H and O–H groups in total. The number of aryl methyl sites for hydroxylation is 2. The minimum Gasteiger partial charge on any atom is -0.325 e. The van der Waals surface area contributed by atoms with Gasteiger partial charge in [-0.05, 0) is 50.1 Å². The summed E-state index contributed by atoms with van der Waals surface area (Å²) in [6.45, 7) is 6.01. The first kappa shape index (κ1) is 20.9. The molecule has 6 nitrogen and oxygen atoms in total. The van der Waals surface area contributed by atoms with E-state index in [1.807, 2.05) is 68.1 Å². The van der Waals surface area contributed by atoms with Gasteiger partial charge in [0.15, 0.2) is 15.0 Å². The summed E-state index contributed by atoms with van der Waals surface area (Å²) in [7, 11) is -3.10. The zero-order valence-corrected chi connectivity index (χ0v) is 18.9. The fourth-order valence-electron chi connectivity index (χ4n) is 3.84. The smallest absolute Gasteiger partial charge is 0.234 e. The maximum Gasteiger partial charge on any atom is 0.234 e. The van der Waals surface area contributed by atoms with E-state index in [4.69, 9.17) is 0 Å². The van der Waals surface area contributed by atoms with Gasteiger partial charge in [0.2, 0.25) is 5.91 Å². The molecule has 0 unspecified atom stereocenters. The van der Waals surface area contributed by atoms with Crippen LogP contribution in [-0.2, 0) is 14.6 Å². The first-order valence-electron chi connectivity index (χ1n) is 9.86. The lowest BCUT2D eigenvalue weighted by molar-refractivity contribution is -0.113. The summed E-state index contributed by atoms with van der Waals surface area (Å²) in [6.07, 6.45) is 0. The second-order valence-corrected chi connectivity index (χ2v) is 11.0. The Hall–Kier alpha value is -2.32. The summed E-state index contributed by atoms with van der Waals surface area (Å²) in [4.78, 5) is 19.2. The zero-order valence-electron chi connectivity index (χ0n) is 17.3. The lowest BCUT2D eigenvalue weighted by Gasteiger charge is -2.26. The second-order valence-electron chi connectivity index (χ2n) is 7.91. The van der Waals surface area contributed by atoms with Gasteiger partial charge in [-0.25, -0.2) is 8.42 Å². The Labute approximate surface area is 181 Å². The molecular formula is C22H25N3O3S2. The molecule has 1 fully saturated rings. The second kappa shape index (κ2) is 8.07. The van der Waals surface area contributed by atoms with E-state index < -0.39 is 9.84 Å². The van der Waals surface area contributed by atoms with Crippen LogP contribution < -0.4 is 10.2 Å². The van der Waals surface area contributed by atoms with Gasteiger partial charge in [0.25, 0.3) is 0 Å². The van der Waals surface area contributed by atoms with Crippen molar-refractivity contribution in [1.82, 2.24) is 0 Å². The van der Waals surface area contributed by atoms with Crippen LogP contribution in [0, 0.1) is 20.8 Å². The van der Waals surface area contributed by atoms with Crippen LogP contribution in [0.15, 0.2) is 47.5 Å². The number of nitrogens with zero attached hydrogens (tertiary/aromatic N) is 2. The predicted octanol–water partition coefficient (Wildman–Crippen LogP) is 3.33. The molecule has 8 heteroatoms. The highest BCUT2D eigenvalue weighted by molar-refractivity contribution is 8.14. The maximum absolute atomic E-state index is 12.6. The van der Waals surface area contributed by atoms with E-state index in [1.54, 1.807) is 0 Å². The van der Waals surface area contributed by atoms with Crippen molar-refractivity contribution >= 4 is 44.0 Å². The molecule has 0 aliphatic carbocycles. The van der Waals surface area contributed by atoms with Crippen LogP contribution in [0.4, 0.5) is 11.4 Å². The standard InChI is InChI=1S/C22H25N3O3S2/c1-14-7-9-17(10-8-14)25-20-13-30(27,28)12-19(20)24-22(25)29-11-21(26)23-18-6-4-5-15(2)16(18)3/h4-10,19-20H,11-13H2,1-3H3,(H,23,26)/t19-,20+/m0/s1. The fraction of sp³-hybridized carbons (Fsp3) is 0.364. The van der Waals surface area contributed by atoms with Crippen LogP contribution >= 0.6 is 11.8 Å². The molecule has 2 aromatic rings. The molecule has 30 heavy (non-hydrogen) atoms. The van der Waals surface area contributed by atoms with Crippen molar-refractivity contribution in [3.05, 3.63) is 59.2 Å². The number of nitrogens with one attached hydrogen (secondary N) is 1. The number of carbonyl (C=O) groups excluding carboxylic acids is 1. The Morgan fingerprint density at radius 2 is 1.87 bits per heavy atom. The number of amides is 1. The molecule has 0 saturated carbocycles. The van der Waals surface area contributed by atoms with Gasteiger partial charge in [0.1, 0.15) is 0 Å². The molecule has 0 aromatic heterocycles. The number of aliphatic imine (C=N–C) groups is 1. The topological polar surface area (TPSA) is 78.8 Å². The third-order valence-electron chi connectivity index (χ3n) is 5.63. The Bertz CT molecular complexity index is 1110. The minimum absolute atomic E-state index is 0.0682. The SMILES string of the molecule is Cc1ccc(N2C(SCC(=O)Nc3cccc(C)c3C)=N[C@H]3CS(=O)(=O)C[C@H]32)cc1. The molecular weight excluding hydrogens is 418 g/mol. The number of thioether (sulfide) groups is 1. The molecule has 0 radical (unpaired) electrons. The van der Waals surface area contributed by atoms with Crippen LogP contribution in [0.3, 0.4) is 0 Å². The van der Waals surface area contributed by atoms with Crippen LogP contribution in [0.25, 0.3) is 0 Å². The van der Waals surface area contributed by atoms with E-state index in [9.17, 15) is 13.2 Å². The maximum atomic E-state index is 12.6. The molecule has 1 amide bonds. The van der Waals surface area contributed by atoms with Gasteiger partial charge in [0, 0.05) is 11.4 Å². The number of hydrogen-bond acceptors (Lipinski definition) is 6. The number of benzene rings is 2. The highest BCUT2D eigenvalue weighted by Gasteiger charge is 2.47. The molecule has 4 rings (SSSR count). The number of fused-ring (bicyclic) bond motifs is 1. The highest BCUT2D eigenvalue weighted by atomic mass is 32.2. The van der Waals surface area contributed by atoms with E-state index in [-0.39, 0.29) is 35.2 Å². The normalized spacial score (nSPS) is 22.0. The first-order chi connectivity index (χ1) is 14.2. The molecule has 158 valence electrons. The summed E-state index contributed by atoms with van der Waals surface area (Å²) < 4.78 is 24.3. The van der Waals surface area contributed by atoms with Crippen molar-refractivity contribution in [2.75, 3.05) is 27.5 Å². The Morgan fingerprint density at radius 1 is 1.13 bits per heavy atom. The fourth-order valence-corrected chi connectivity index (χ4v) is 6.61. The summed E-state index contributed by atoms with van der Waals surface area (Å²) in [5.74, 6) is 0.262. The highest BCUT2D eigenvalue weighted by Crippen LogP contribution is 2.35. The third kappa shape index (κ3) is 4.25. The van der Waals surface area contributed by atoms with Gasteiger partial charge in [-0.1, -0.05) is 41.6 Å². The van der Waals surface area contributed by atoms with Crippen LogP contribution in [0.5, 0.6) is 0 Å². The van der Waals surface area contributed by atoms with Gasteiger partial charge in [-0.2, -0.15) is 0 Å². The average molecular weight is 444 g/mol. The zero-order chi connectivity index (χ0) is 21.5. The lowest BCUT2D eigenvalue weighted by Crippen LogP contribution is -2.39. The summed E-state index contributed by atoms with van der Waals surface area (Å²) in [6, 6.07) is 13.3. The van der Waals surface area contributed by atoms with E-state index in [0.29, 0.717) is 5.17 Å². The van der Waals surface area contributed by atoms with Gasteiger partial charge >= 0.3 is 0 Å². The van der Waals surface area contributed by atoms with E-state index in [2.05, 4.69) is 10.3 Å². The van der Waals surface area contributed by atoms with Crippen LogP contribution in [-0.4, -0.2) is 48.8 Å².